The van der Waals surface area contributed by atoms with Gasteiger partial charge < -0.3 is 10.2 Å². The Balaban J connectivity index is 2.22. The number of halogens is 2. The Hall–Kier alpha value is -0.280. The lowest BCUT2D eigenvalue weighted by molar-refractivity contribution is -0.0238. The molecule has 1 aromatic rings. The summed E-state index contributed by atoms with van der Waals surface area (Å²) in [5.74, 6) is 0. The van der Waals surface area contributed by atoms with E-state index in [0.717, 1.165) is 18.4 Å². The van der Waals surface area contributed by atoms with E-state index < -0.39 is 10.5 Å². The van der Waals surface area contributed by atoms with E-state index in [1.165, 1.54) is 0 Å². The van der Waals surface area contributed by atoms with Gasteiger partial charge in [-0.25, -0.2) is 0 Å². The molecule has 0 heterocycles. The maximum absolute atomic E-state index is 10.4. The molecule has 1 aliphatic rings. The standard InChI is InChI=1S/C12H14Cl2O2/c13-10-4-2-1-3-9(10)7-12(16,8-15)11(14)5-6-11/h1-4,15-16H,5-8H2. The van der Waals surface area contributed by atoms with Crippen molar-refractivity contribution in [3.8, 4) is 0 Å². The fraction of sp³-hybridized carbons (Fsp3) is 0.500. The van der Waals surface area contributed by atoms with Gasteiger partial charge in [0.25, 0.3) is 0 Å². The van der Waals surface area contributed by atoms with Crippen LogP contribution in [0.3, 0.4) is 0 Å². The van der Waals surface area contributed by atoms with Gasteiger partial charge in [-0.2, -0.15) is 0 Å². The number of aliphatic hydroxyl groups excluding tert-OH is 1. The SMILES string of the molecule is OCC(O)(Cc1ccccc1Cl)C1(Cl)CC1. The molecule has 88 valence electrons. The summed E-state index contributed by atoms with van der Waals surface area (Å²) in [4.78, 5) is -0.680. The Morgan fingerprint density at radius 1 is 1.31 bits per heavy atom. The monoisotopic (exact) mass is 260 g/mol. The Bertz CT molecular complexity index is 390. The highest BCUT2D eigenvalue weighted by Gasteiger charge is 2.57. The van der Waals surface area contributed by atoms with E-state index in [2.05, 4.69) is 0 Å². The highest BCUT2D eigenvalue weighted by Crippen LogP contribution is 2.52. The smallest absolute Gasteiger partial charge is 0.111 e. The highest BCUT2D eigenvalue weighted by atomic mass is 35.5. The molecule has 1 atom stereocenters. The number of aliphatic hydroxyl groups is 2. The zero-order valence-corrected chi connectivity index (χ0v) is 10.3. The van der Waals surface area contributed by atoms with E-state index in [0.29, 0.717) is 5.02 Å². The van der Waals surface area contributed by atoms with Crippen LogP contribution in [-0.4, -0.2) is 27.3 Å². The van der Waals surface area contributed by atoms with E-state index >= 15 is 0 Å². The van der Waals surface area contributed by atoms with Crippen LogP contribution in [-0.2, 0) is 6.42 Å². The van der Waals surface area contributed by atoms with E-state index in [4.69, 9.17) is 23.2 Å². The third kappa shape index (κ3) is 2.07. The summed E-state index contributed by atoms with van der Waals surface area (Å²) in [6.45, 7) is -0.346. The number of alkyl halides is 1. The first kappa shape index (κ1) is 12.2. The third-order valence-electron chi connectivity index (χ3n) is 3.23. The van der Waals surface area contributed by atoms with E-state index in [9.17, 15) is 10.2 Å². The van der Waals surface area contributed by atoms with Crippen LogP contribution < -0.4 is 0 Å². The molecule has 4 heteroatoms. The van der Waals surface area contributed by atoms with Crippen molar-refractivity contribution in [3.63, 3.8) is 0 Å². The van der Waals surface area contributed by atoms with Crippen molar-refractivity contribution >= 4 is 23.2 Å². The summed E-state index contributed by atoms with van der Waals surface area (Å²) in [5.41, 5.74) is -0.466. The van der Waals surface area contributed by atoms with Crippen LogP contribution in [0.4, 0.5) is 0 Å². The predicted molar refractivity (Wildman–Crippen MR) is 65.0 cm³/mol. The summed E-state index contributed by atoms with van der Waals surface area (Å²) in [6, 6.07) is 7.29. The van der Waals surface area contributed by atoms with Crippen molar-refractivity contribution in [3.05, 3.63) is 34.9 Å². The molecule has 0 aromatic heterocycles. The summed E-state index contributed by atoms with van der Waals surface area (Å²) < 4.78 is 0. The van der Waals surface area contributed by atoms with Gasteiger partial charge in [0.2, 0.25) is 0 Å². The second-order valence-electron chi connectivity index (χ2n) is 4.42. The molecule has 0 saturated heterocycles. The molecule has 0 aliphatic heterocycles. The number of hydrogen-bond acceptors (Lipinski definition) is 2. The molecule has 2 rings (SSSR count). The fourth-order valence-corrected chi connectivity index (χ4v) is 2.31. The molecule has 16 heavy (non-hydrogen) atoms. The third-order valence-corrected chi connectivity index (χ3v) is 4.32. The first-order chi connectivity index (χ1) is 7.51. The van der Waals surface area contributed by atoms with Gasteiger partial charge in [0.15, 0.2) is 0 Å². The second kappa shape index (κ2) is 4.19. The van der Waals surface area contributed by atoms with E-state index in [1.807, 2.05) is 18.2 Å². The summed E-state index contributed by atoms with van der Waals surface area (Å²) in [6.07, 6.45) is 1.75. The largest absolute Gasteiger partial charge is 0.393 e. The van der Waals surface area contributed by atoms with Gasteiger partial charge in [-0.3, -0.25) is 0 Å². The highest BCUT2D eigenvalue weighted by molar-refractivity contribution is 6.31. The quantitative estimate of drug-likeness (QED) is 0.817. The minimum Gasteiger partial charge on any atom is -0.393 e. The van der Waals surface area contributed by atoms with Crippen LogP contribution >= 0.6 is 23.2 Å². The van der Waals surface area contributed by atoms with Crippen molar-refractivity contribution in [2.75, 3.05) is 6.61 Å². The molecule has 1 saturated carbocycles. The van der Waals surface area contributed by atoms with Crippen LogP contribution in [0.2, 0.25) is 5.02 Å². The maximum Gasteiger partial charge on any atom is 0.111 e. The molecular formula is C12H14Cl2O2. The van der Waals surface area contributed by atoms with Crippen molar-refractivity contribution in [2.24, 2.45) is 0 Å². The summed E-state index contributed by atoms with van der Waals surface area (Å²) in [7, 11) is 0. The van der Waals surface area contributed by atoms with Gasteiger partial charge in [-0.15, -0.1) is 11.6 Å². The summed E-state index contributed by atoms with van der Waals surface area (Å²) >= 11 is 12.2. The maximum atomic E-state index is 10.4. The lowest BCUT2D eigenvalue weighted by Gasteiger charge is -2.31. The predicted octanol–water partition coefficient (Wildman–Crippen LogP) is 2.38. The van der Waals surface area contributed by atoms with Crippen molar-refractivity contribution in [1.29, 1.82) is 0 Å². The number of hydrogen-bond donors (Lipinski definition) is 2. The molecule has 0 radical (unpaired) electrons. The molecule has 0 spiro atoms. The number of benzene rings is 1. The fourth-order valence-electron chi connectivity index (χ4n) is 1.89. The molecule has 1 fully saturated rings. The van der Waals surface area contributed by atoms with Crippen LogP contribution in [0.1, 0.15) is 18.4 Å². The van der Waals surface area contributed by atoms with Crippen LogP contribution in [0.5, 0.6) is 0 Å². The molecule has 0 bridgehead atoms. The van der Waals surface area contributed by atoms with Crippen LogP contribution in [0.25, 0.3) is 0 Å². The topological polar surface area (TPSA) is 40.5 Å². The normalized spacial score (nSPS) is 21.5. The van der Waals surface area contributed by atoms with Gasteiger partial charge in [0.05, 0.1) is 11.5 Å². The Morgan fingerprint density at radius 2 is 1.94 bits per heavy atom. The molecule has 1 unspecified atom stereocenters. The Morgan fingerprint density at radius 3 is 2.44 bits per heavy atom. The van der Waals surface area contributed by atoms with Crippen molar-refractivity contribution in [1.82, 2.24) is 0 Å². The van der Waals surface area contributed by atoms with Gasteiger partial charge in [0, 0.05) is 11.4 Å². The average Bonchev–Trinajstić information content (AvgIpc) is 3.01. The summed E-state index contributed by atoms with van der Waals surface area (Å²) in [5, 5.41) is 20.3. The Kier molecular flexibility index (Phi) is 3.19. The molecule has 1 aromatic carbocycles. The minimum absolute atomic E-state index is 0.284. The van der Waals surface area contributed by atoms with E-state index in [1.54, 1.807) is 6.07 Å². The zero-order valence-electron chi connectivity index (χ0n) is 8.79. The lowest BCUT2D eigenvalue weighted by Crippen LogP contribution is -2.46. The van der Waals surface area contributed by atoms with Gasteiger partial charge in [-0.05, 0) is 24.5 Å². The average molecular weight is 261 g/mol. The van der Waals surface area contributed by atoms with Crippen LogP contribution in [0, 0.1) is 0 Å². The second-order valence-corrected chi connectivity index (χ2v) is 5.55. The first-order valence-electron chi connectivity index (χ1n) is 5.26. The van der Waals surface area contributed by atoms with Crippen LogP contribution in [0.15, 0.2) is 24.3 Å². The van der Waals surface area contributed by atoms with Crippen molar-refractivity contribution in [2.45, 2.75) is 29.7 Å². The minimum atomic E-state index is -1.28. The molecule has 2 N–H and O–H groups in total. The van der Waals surface area contributed by atoms with Crippen molar-refractivity contribution < 1.29 is 10.2 Å². The van der Waals surface area contributed by atoms with Gasteiger partial charge in [-0.1, -0.05) is 29.8 Å². The zero-order chi connectivity index (χ0) is 11.8. The lowest BCUT2D eigenvalue weighted by atomic mass is 9.90. The first-order valence-corrected chi connectivity index (χ1v) is 6.02. The number of rotatable bonds is 4. The molecule has 0 amide bonds. The molecule has 2 nitrogen and oxygen atoms in total. The molecule has 1 aliphatic carbocycles. The van der Waals surface area contributed by atoms with E-state index in [-0.39, 0.29) is 13.0 Å². The Labute approximate surface area is 105 Å². The van der Waals surface area contributed by atoms with Gasteiger partial charge >= 0.3 is 0 Å². The van der Waals surface area contributed by atoms with Gasteiger partial charge in [0.1, 0.15) is 5.60 Å². The molecular weight excluding hydrogens is 247 g/mol.